The van der Waals surface area contributed by atoms with Gasteiger partial charge in [-0.05, 0) is 99.8 Å². The number of phenolic OH excluding ortho intramolecular Hbond substituents is 1. The Morgan fingerprint density at radius 1 is 0.424 bits per heavy atom. The van der Waals surface area contributed by atoms with Crippen LogP contribution in [0.4, 0.5) is 0 Å². The number of carbonyl (C=O) groups is 15. The van der Waals surface area contributed by atoms with Crippen LogP contribution in [0.2, 0.25) is 0 Å². The molecule has 0 aliphatic rings. The van der Waals surface area contributed by atoms with Crippen LogP contribution in [0.15, 0.2) is 24.3 Å². The largest absolute Gasteiger partial charge is 0.508 e. The number of aromatic hydroxyl groups is 1. The van der Waals surface area contributed by atoms with E-state index in [1.54, 1.807) is 27.7 Å². The second-order valence-corrected chi connectivity index (χ2v) is 23.8. The summed E-state index contributed by atoms with van der Waals surface area (Å²) in [6.45, 7) is 13.8. The third kappa shape index (κ3) is 30.2. The SMILES string of the molecule is CC(C)CC(NC(=O)C(CC(C)C)NC(=O)C(CCC(=O)O)NC(=O)C(CC(N)=O)NC(=O)C(NC(=O)C(CC(=O)O)NC(=O)C(NC(=O)C(CC(=O)O)NC(=O)C(NC(=O)C(N)Cc1ccc(O)cc1)C(C)C)C(C)C)C(C)O)C(=O)NC(CCCCN)C(=O)O. The number of rotatable bonds is 43. The molecular weight excluding hydrogens is 1210 g/mol. The molecule has 11 amide bonds. The summed E-state index contributed by atoms with van der Waals surface area (Å²) in [4.78, 5) is 198. The van der Waals surface area contributed by atoms with Crippen molar-refractivity contribution < 1.29 is 103 Å². The number of carboxylic acid groups (broad SMARTS) is 4. The molecule has 0 radical (unpaired) electrons. The van der Waals surface area contributed by atoms with Crippen molar-refractivity contribution in [2.45, 2.75) is 206 Å². The zero-order chi connectivity index (χ0) is 70.4. The first-order valence-electron chi connectivity index (χ1n) is 29.9. The van der Waals surface area contributed by atoms with E-state index in [4.69, 9.17) is 17.2 Å². The van der Waals surface area contributed by atoms with Gasteiger partial charge in [-0.3, -0.25) is 67.1 Å². The first-order chi connectivity index (χ1) is 42.8. The first kappa shape index (κ1) is 81.0. The maximum Gasteiger partial charge on any atom is 0.326 e. The molecular formula is C58H93N13O21. The van der Waals surface area contributed by atoms with E-state index >= 15 is 0 Å². The highest BCUT2D eigenvalue weighted by Crippen LogP contribution is 2.15. The van der Waals surface area contributed by atoms with Gasteiger partial charge in [-0.15, -0.1) is 0 Å². The van der Waals surface area contributed by atoms with Crippen LogP contribution in [0.1, 0.15) is 132 Å². The van der Waals surface area contributed by atoms with Gasteiger partial charge < -0.3 is 101 Å². The average Bonchev–Trinajstić information content (AvgIpc) is 0.977. The number of benzene rings is 1. The minimum absolute atomic E-state index is 0.0113. The van der Waals surface area contributed by atoms with Crippen molar-refractivity contribution in [3.8, 4) is 5.75 Å². The molecule has 0 aromatic heterocycles. The van der Waals surface area contributed by atoms with Crippen LogP contribution in [0.3, 0.4) is 0 Å². The molecule has 12 atom stereocenters. The molecule has 516 valence electrons. The molecule has 0 aliphatic carbocycles. The number of phenols is 1. The number of hydrogen-bond acceptors (Lipinski definition) is 19. The molecule has 0 fully saturated rings. The van der Waals surface area contributed by atoms with Gasteiger partial charge in [0.1, 0.15) is 66.2 Å². The Bertz CT molecular complexity index is 2750. The number of carboxylic acids is 4. The normalized spacial score (nSPS) is 15.2. The summed E-state index contributed by atoms with van der Waals surface area (Å²) in [7, 11) is 0. The molecule has 34 heteroatoms. The fourth-order valence-electron chi connectivity index (χ4n) is 8.97. The Morgan fingerprint density at radius 2 is 0.783 bits per heavy atom. The number of nitrogens with two attached hydrogens (primary N) is 3. The van der Waals surface area contributed by atoms with E-state index in [9.17, 15) is 103 Å². The minimum atomic E-state index is -2.16. The van der Waals surface area contributed by atoms with Gasteiger partial charge >= 0.3 is 23.9 Å². The highest BCUT2D eigenvalue weighted by molar-refractivity contribution is 6.01. The van der Waals surface area contributed by atoms with E-state index in [0.29, 0.717) is 18.4 Å². The number of nitrogens with one attached hydrogen (secondary N) is 10. The van der Waals surface area contributed by atoms with Crippen molar-refractivity contribution in [3.05, 3.63) is 29.8 Å². The van der Waals surface area contributed by atoms with Crippen molar-refractivity contribution in [2.75, 3.05) is 6.54 Å². The Hall–Kier alpha value is -9.05. The predicted octanol–water partition coefficient (Wildman–Crippen LogP) is -4.20. The van der Waals surface area contributed by atoms with E-state index in [-0.39, 0.29) is 49.8 Å². The zero-order valence-corrected chi connectivity index (χ0v) is 53.1. The Kier molecular flexibility index (Phi) is 35.2. The van der Waals surface area contributed by atoms with Crippen molar-refractivity contribution >= 4 is 88.9 Å². The molecule has 12 unspecified atom stereocenters. The number of amides is 11. The van der Waals surface area contributed by atoms with E-state index in [0.717, 1.165) is 6.92 Å². The lowest BCUT2D eigenvalue weighted by atomic mass is 9.99. The molecule has 22 N–H and O–H groups in total. The van der Waals surface area contributed by atoms with E-state index in [1.165, 1.54) is 52.0 Å². The highest BCUT2D eigenvalue weighted by atomic mass is 16.4. The van der Waals surface area contributed by atoms with Crippen LogP contribution in [0.5, 0.6) is 5.75 Å². The van der Waals surface area contributed by atoms with E-state index < -0.39 is 205 Å². The number of primary amides is 1. The lowest BCUT2D eigenvalue weighted by molar-refractivity contribution is -0.143. The van der Waals surface area contributed by atoms with Gasteiger partial charge in [-0.2, -0.15) is 0 Å². The van der Waals surface area contributed by atoms with E-state index in [2.05, 4.69) is 47.9 Å². The molecule has 1 aromatic rings. The maximum absolute atomic E-state index is 14.0. The summed E-state index contributed by atoms with van der Waals surface area (Å²) in [5.41, 5.74) is 17.6. The number of carbonyl (C=O) groups excluding carboxylic acids is 11. The summed E-state index contributed by atoms with van der Waals surface area (Å²) < 4.78 is 0. The second-order valence-electron chi connectivity index (χ2n) is 23.8. The summed E-state index contributed by atoms with van der Waals surface area (Å²) in [6, 6.07) is -12.8. The minimum Gasteiger partial charge on any atom is -0.508 e. The third-order valence-corrected chi connectivity index (χ3v) is 13.9. The van der Waals surface area contributed by atoms with Crippen LogP contribution < -0.4 is 70.4 Å². The third-order valence-electron chi connectivity index (χ3n) is 13.9. The van der Waals surface area contributed by atoms with Gasteiger partial charge in [0.2, 0.25) is 65.0 Å². The van der Waals surface area contributed by atoms with Crippen molar-refractivity contribution in [1.82, 2.24) is 53.2 Å². The molecule has 0 saturated heterocycles. The Balaban J connectivity index is 3.49. The number of unbranched alkanes of at least 4 members (excludes halogenated alkanes) is 1. The summed E-state index contributed by atoms with van der Waals surface area (Å²) in [6.07, 6.45) is -6.00. The highest BCUT2D eigenvalue weighted by Gasteiger charge is 2.39. The Labute approximate surface area is 531 Å². The quantitative estimate of drug-likeness (QED) is 0.0276. The van der Waals surface area contributed by atoms with Gasteiger partial charge in [0.05, 0.1) is 31.4 Å². The van der Waals surface area contributed by atoms with Crippen LogP contribution in [0, 0.1) is 23.7 Å². The fourth-order valence-corrected chi connectivity index (χ4v) is 8.97. The lowest BCUT2D eigenvalue weighted by Crippen LogP contribution is -2.63. The molecule has 1 rings (SSSR count). The molecule has 0 spiro atoms. The van der Waals surface area contributed by atoms with Crippen LogP contribution in [-0.2, 0) is 78.3 Å². The standard InChI is InChI=1S/C58H93N13O21/c1-26(2)20-36(50(83)63-35(58(91)92)12-10-11-19-59)65-51(84)37(21-27(3)4)64-49(82)34(17-18-42(75)76)62-52(85)38(23-41(61)74)66-57(90)47(30(9)72)71-54(87)40(25-44(79)80)68-56(89)46(29(7)8)70-53(86)39(24-43(77)78)67-55(88)45(28(5)6)69-48(81)33(60)22-31-13-15-32(73)16-14-31/h13-16,26-30,33-40,45-47,72-73H,10-12,17-25,59-60H2,1-9H3,(H2,61,74)(H,62,85)(H,63,83)(H,64,82)(H,65,84)(H,66,90)(H,67,88)(H,68,89)(H,69,81)(H,70,86)(H,71,87)(H,75,76)(H,77,78)(H,79,80)(H,91,92). The molecule has 0 aliphatic heterocycles. The molecule has 0 bridgehead atoms. The summed E-state index contributed by atoms with van der Waals surface area (Å²) >= 11 is 0. The molecule has 92 heavy (non-hydrogen) atoms. The topological polar surface area (TPSA) is 576 Å². The van der Waals surface area contributed by atoms with Crippen LogP contribution >= 0.6 is 0 Å². The lowest BCUT2D eigenvalue weighted by Gasteiger charge is -2.29. The van der Waals surface area contributed by atoms with Gasteiger partial charge in [-0.25, -0.2) is 4.79 Å². The van der Waals surface area contributed by atoms with Gasteiger partial charge in [0, 0.05) is 6.42 Å². The Morgan fingerprint density at radius 3 is 1.16 bits per heavy atom. The first-order valence-corrected chi connectivity index (χ1v) is 29.9. The smallest absolute Gasteiger partial charge is 0.326 e. The summed E-state index contributed by atoms with van der Waals surface area (Å²) in [5.74, 6) is -21.2. The van der Waals surface area contributed by atoms with Gasteiger partial charge in [-0.1, -0.05) is 67.5 Å². The summed E-state index contributed by atoms with van der Waals surface area (Å²) in [5, 5.41) is 82.2. The molecule has 34 nitrogen and oxygen atoms in total. The number of aliphatic hydroxyl groups excluding tert-OH is 1. The monoisotopic (exact) mass is 1310 g/mol. The molecule has 0 saturated carbocycles. The zero-order valence-electron chi connectivity index (χ0n) is 53.1. The molecule has 1 aromatic carbocycles. The van der Waals surface area contributed by atoms with Crippen LogP contribution in [0.25, 0.3) is 0 Å². The average molecular weight is 1310 g/mol. The van der Waals surface area contributed by atoms with Crippen LogP contribution in [-0.4, -0.2) is 199 Å². The fraction of sp³-hybridized carbons (Fsp3) is 0.638. The number of hydrogen-bond donors (Lipinski definition) is 19. The van der Waals surface area contributed by atoms with Gasteiger partial charge in [0.15, 0.2) is 0 Å². The number of aliphatic hydroxyl groups is 1. The second kappa shape index (κ2) is 39.9. The number of aliphatic carboxylic acids is 4. The van der Waals surface area contributed by atoms with Crippen molar-refractivity contribution in [2.24, 2.45) is 40.9 Å². The maximum atomic E-state index is 14.0. The predicted molar refractivity (Wildman–Crippen MR) is 325 cm³/mol. The van der Waals surface area contributed by atoms with Gasteiger partial charge in [0.25, 0.3) is 0 Å². The van der Waals surface area contributed by atoms with Crippen molar-refractivity contribution in [1.29, 1.82) is 0 Å². The van der Waals surface area contributed by atoms with Crippen molar-refractivity contribution in [3.63, 3.8) is 0 Å². The molecule has 0 heterocycles. The van der Waals surface area contributed by atoms with E-state index in [1.807, 2.05) is 5.32 Å².